The van der Waals surface area contributed by atoms with Crippen molar-refractivity contribution in [3.8, 4) is 5.82 Å². The van der Waals surface area contributed by atoms with Crippen LogP contribution in [0.5, 0.6) is 0 Å². The lowest BCUT2D eigenvalue weighted by atomic mass is 10.2. The lowest BCUT2D eigenvalue weighted by Crippen LogP contribution is -2.44. The molecule has 2 N–H and O–H groups in total. The Bertz CT molecular complexity index is 1220. The number of anilines is 3. The summed E-state index contributed by atoms with van der Waals surface area (Å²) < 4.78 is 1.87. The number of fused-ring (bicyclic) bond motifs is 3. The summed E-state index contributed by atoms with van der Waals surface area (Å²) >= 11 is 0. The molecule has 4 aromatic rings. The molecule has 1 aromatic carbocycles. The fourth-order valence-corrected chi connectivity index (χ4v) is 4.45. The maximum atomic E-state index is 4.83. The second kappa shape index (κ2) is 6.74. The van der Waals surface area contributed by atoms with Crippen LogP contribution in [-0.4, -0.2) is 54.9 Å². The number of nitrogens with one attached hydrogen (secondary N) is 2. The summed E-state index contributed by atoms with van der Waals surface area (Å²) in [5, 5.41) is 12.6. The first-order valence-corrected chi connectivity index (χ1v) is 10.1. The van der Waals surface area contributed by atoms with Crippen molar-refractivity contribution in [2.45, 2.75) is 25.4 Å². The molecule has 3 aromatic heterocycles. The van der Waals surface area contributed by atoms with Crippen molar-refractivity contribution >= 4 is 28.4 Å². The number of para-hydroxylation sites is 1. The Hall–Kier alpha value is -3.59. The molecule has 2 atom stereocenters. The van der Waals surface area contributed by atoms with E-state index in [0.29, 0.717) is 23.7 Å². The van der Waals surface area contributed by atoms with Crippen LogP contribution in [0.4, 0.5) is 17.5 Å². The second-order valence-corrected chi connectivity index (χ2v) is 7.77. The molecule has 2 unspecified atom stereocenters. The zero-order chi connectivity index (χ0) is 20.1. The summed E-state index contributed by atoms with van der Waals surface area (Å²) in [7, 11) is 0. The SMILES string of the molecule is Cc1nc(N2CC3CC2CN3)cc(-n2nc(Nc3cnccn3)c3ccccc32)n1. The number of aryl methyl sites for hydroxylation is 1. The van der Waals surface area contributed by atoms with Crippen molar-refractivity contribution in [3.05, 3.63) is 54.7 Å². The van der Waals surface area contributed by atoms with Crippen molar-refractivity contribution in [2.75, 3.05) is 23.3 Å². The van der Waals surface area contributed by atoms with Crippen molar-refractivity contribution < 1.29 is 0 Å². The van der Waals surface area contributed by atoms with E-state index in [0.717, 1.165) is 41.5 Å². The normalized spacial score (nSPS) is 20.2. The molecule has 2 bridgehead atoms. The van der Waals surface area contributed by atoms with Crippen molar-refractivity contribution in [1.29, 1.82) is 0 Å². The highest BCUT2D eigenvalue weighted by Crippen LogP contribution is 2.31. The van der Waals surface area contributed by atoms with Crippen molar-refractivity contribution in [1.82, 2.24) is 35.0 Å². The van der Waals surface area contributed by atoms with E-state index in [9.17, 15) is 0 Å². The maximum Gasteiger partial charge on any atom is 0.162 e. The highest BCUT2D eigenvalue weighted by atomic mass is 15.4. The van der Waals surface area contributed by atoms with E-state index < -0.39 is 0 Å². The predicted molar refractivity (Wildman–Crippen MR) is 114 cm³/mol. The molecule has 5 heterocycles. The van der Waals surface area contributed by atoms with Crippen molar-refractivity contribution in [2.24, 2.45) is 0 Å². The average molecular weight is 399 g/mol. The zero-order valence-corrected chi connectivity index (χ0v) is 16.5. The lowest BCUT2D eigenvalue weighted by molar-refractivity contribution is 0.575. The quantitative estimate of drug-likeness (QED) is 0.539. The van der Waals surface area contributed by atoms with E-state index in [1.54, 1.807) is 18.6 Å². The monoisotopic (exact) mass is 399 g/mol. The van der Waals surface area contributed by atoms with Gasteiger partial charge in [-0.15, -0.1) is 5.10 Å². The van der Waals surface area contributed by atoms with Crippen LogP contribution < -0.4 is 15.5 Å². The number of nitrogens with zero attached hydrogens (tertiary/aromatic N) is 7. The molecule has 2 aliphatic rings. The molecule has 0 radical (unpaired) electrons. The molecule has 150 valence electrons. The molecule has 2 saturated heterocycles. The van der Waals surface area contributed by atoms with Gasteiger partial charge < -0.3 is 15.5 Å². The van der Waals surface area contributed by atoms with Crippen LogP contribution in [-0.2, 0) is 0 Å². The minimum absolute atomic E-state index is 0.500. The van der Waals surface area contributed by atoms with Gasteiger partial charge in [-0.3, -0.25) is 4.98 Å². The predicted octanol–water partition coefficient (Wildman–Crippen LogP) is 2.21. The van der Waals surface area contributed by atoms with E-state index in [2.05, 4.69) is 25.5 Å². The maximum absolute atomic E-state index is 4.83. The summed E-state index contributed by atoms with van der Waals surface area (Å²) in [5.41, 5.74) is 0.970. The summed E-state index contributed by atoms with van der Waals surface area (Å²) in [6.45, 7) is 3.93. The highest BCUT2D eigenvalue weighted by molar-refractivity contribution is 5.92. The molecule has 9 nitrogen and oxygen atoms in total. The highest BCUT2D eigenvalue weighted by Gasteiger charge is 2.38. The van der Waals surface area contributed by atoms with E-state index in [-0.39, 0.29) is 0 Å². The van der Waals surface area contributed by atoms with E-state index in [1.165, 1.54) is 6.42 Å². The first kappa shape index (κ1) is 17.3. The molecule has 0 spiro atoms. The summed E-state index contributed by atoms with van der Waals surface area (Å²) in [6, 6.07) is 11.2. The van der Waals surface area contributed by atoms with Gasteiger partial charge in [-0.2, -0.15) is 0 Å². The Morgan fingerprint density at radius 3 is 2.83 bits per heavy atom. The summed E-state index contributed by atoms with van der Waals surface area (Å²) in [5.74, 6) is 3.83. The number of aromatic nitrogens is 6. The van der Waals surface area contributed by atoms with Crippen LogP contribution >= 0.6 is 0 Å². The third kappa shape index (κ3) is 2.86. The minimum Gasteiger partial charge on any atom is -0.351 e. The number of hydrogen-bond donors (Lipinski definition) is 2. The Kier molecular flexibility index (Phi) is 3.88. The van der Waals surface area contributed by atoms with Gasteiger partial charge in [0.05, 0.1) is 11.7 Å². The molecular weight excluding hydrogens is 378 g/mol. The van der Waals surface area contributed by atoms with Crippen LogP contribution in [0.2, 0.25) is 0 Å². The number of rotatable bonds is 4. The van der Waals surface area contributed by atoms with E-state index in [4.69, 9.17) is 15.1 Å². The van der Waals surface area contributed by atoms with Gasteiger partial charge in [-0.25, -0.2) is 19.6 Å². The van der Waals surface area contributed by atoms with E-state index >= 15 is 0 Å². The van der Waals surface area contributed by atoms with Crippen LogP contribution in [0.25, 0.3) is 16.7 Å². The van der Waals surface area contributed by atoms with Crippen LogP contribution in [0.1, 0.15) is 12.2 Å². The molecular formula is C21H21N9. The molecule has 6 rings (SSSR count). The molecule has 2 fully saturated rings. The molecule has 0 aliphatic carbocycles. The molecule has 0 amide bonds. The van der Waals surface area contributed by atoms with Gasteiger partial charge >= 0.3 is 0 Å². The van der Waals surface area contributed by atoms with Gasteiger partial charge in [-0.1, -0.05) is 12.1 Å². The second-order valence-electron chi connectivity index (χ2n) is 7.77. The summed E-state index contributed by atoms with van der Waals surface area (Å²) in [4.78, 5) is 20.2. The van der Waals surface area contributed by atoms with E-state index in [1.807, 2.05) is 41.9 Å². The third-order valence-electron chi connectivity index (χ3n) is 5.78. The smallest absolute Gasteiger partial charge is 0.162 e. The van der Waals surface area contributed by atoms with Crippen molar-refractivity contribution in [3.63, 3.8) is 0 Å². The van der Waals surface area contributed by atoms with Crippen LogP contribution in [0.15, 0.2) is 48.9 Å². The molecule has 9 heteroatoms. The standard InChI is InChI=1S/C21H21N9/c1-13-25-19(29-12-14-8-15(29)10-24-14)9-20(26-13)30-17-5-3-2-4-16(17)21(28-30)27-18-11-22-6-7-23-18/h2-7,9,11,14-15,24H,8,10,12H2,1H3,(H,23,27,28). The molecule has 2 aliphatic heterocycles. The van der Waals surface area contributed by atoms with Gasteiger partial charge in [0.25, 0.3) is 0 Å². The minimum atomic E-state index is 0.500. The van der Waals surface area contributed by atoms with Crippen LogP contribution in [0.3, 0.4) is 0 Å². The van der Waals surface area contributed by atoms with Gasteiger partial charge in [0.15, 0.2) is 11.6 Å². The molecule has 30 heavy (non-hydrogen) atoms. The van der Waals surface area contributed by atoms with Gasteiger partial charge in [-0.05, 0) is 25.5 Å². The van der Waals surface area contributed by atoms with Gasteiger partial charge in [0.2, 0.25) is 0 Å². The first-order valence-electron chi connectivity index (χ1n) is 10.1. The Morgan fingerprint density at radius 2 is 2.03 bits per heavy atom. The third-order valence-corrected chi connectivity index (χ3v) is 5.78. The Morgan fingerprint density at radius 1 is 1.13 bits per heavy atom. The Labute approximate surface area is 173 Å². The first-order chi connectivity index (χ1) is 14.7. The topological polar surface area (TPSA) is 96.7 Å². The fourth-order valence-electron chi connectivity index (χ4n) is 4.45. The summed E-state index contributed by atoms with van der Waals surface area (Å²) in [6.07, 6.45) is 6.15. The number of benzene rings is 1. The van der Waals surface area contributed by atoms with Gasteiger partial charge in [0, 0.05) is 49.0 Å². The fraction of sp³-hybridized carbons (Fsp3) is 0.286. The van der Waals surface area contributed by atoms with Gasteiger partial charge in [0.1, 0.15) is 17.5 Å². The lowest BCUT2D eigenvalue weighted by Gasteiger charge is -2.28. The molecule has 0 saturated carbocycles. The largest absolute Gasteiger partial charge is 0.351 e. The average Bonchev–Trinajstić information content (AvgIpc) is 3.49. The number of piperazine rings is 1. The zero-order valence-electron chi connectivity index (χ0n) is 16.5. The number of hydrogen-bond acceptors (Lipinski definition) is 8. The van der Waals surface area contributed by atoms with Crippen LogP contribution in [0, 0.1) is 6.92 Å². The Balaban J connectivity index is 1.44.